The smallest absolute Gasteiger partial charge is 0.247 e. The lowest BCUT2D eigenvalue weighted by Gasteiger charge is -2.17. The first-order valence-corrected chi connectivity index (χ1v) is 12.0. The van der Waals surface area contributed by atoms with E-state index in [4.69, 9.17) is 42.6 Å². The van der Waals surface area contributed by atoms with Crippen molar-refractivity contribution in [1.29, 1.82) is 0 Å². The van der Waals surface area contributed by atoms with Gasteiger partial charge in [-0.05, 0) is 19.9 Å². The van der Waals surface area contributed by atoms with Gasteiger partial charge < -0.3 is 47.9 Å². The van der Waals surface area contributed by atoms with Crippen LogP contribution in [-0.2, 0) is 47.4 Å². The van der Waals surface area contributed by atoms with Crippen molar-refractivity contribution in [3.05, 3.63) is 35.5 Å². The van der Waals surface area contributed by atoms with E-state index in [-0.39, 0.29) is 30.6 Å². The molecule has 0 aromatic rings. The summed E-state index contributed by atoms with van der Waals surface area (Å²) in [4.78, 5) is 12.3. The maximum absolute atomic E-state index is 12.3. The summed E-state index contributed by atoms with van der Waals surface area (Å²) in [7, 11) is 4.72. The molecule has 0 spiro atoms. The maximum atomic E-state index is 12.3. The van der Waals surface area contributed by atoms with Crippen LogP contribution in [0.5, 0.6) is 0 Å². The number of nitrogens with one attached hydrogen (secondary N) is 1. The Morgan fingerprint density at radius 3 is 1.61 bits per heavy atom. The lowest BCUT2D eigenvalue weighted by Crippen LogP contribution is -2.23. The average Bonchev–Trinajstić information content (AvgIpc) is 2.88. The molecule has 0 aromatic carbocycles. The normalized spacial score (nSPS) is 12.2. The van der Waals surface area contributed by atoms with Crippen LogP contribution in [0.1, 0.15) is 13.8 Å². The minimum atomic E-state index is -0.220. The second-order valence-electron chi connectivity index (χ2n) is 7.14. The zero-order valence-corrected chi connectivity index (χ0v) is 22.6. The highest BCUT2D eigenvalue weighted by atomic mass is 16.6. The molecule has 0 bridgehead atoms. The third-order valence-electron chi connectivity index (χ3n) is 4.33. The molecular formula is C25H45NO10. The Balaban J connectivity index is 5.00. The van der Waals surface area contributed by atoms with Gasteiger partial charge in [0, 0.05) is 26.3 Å². The van der Waals surface area contributed by atoms with E-state index in [1.165, 1.54) is 7.11 Å². The van der Waals surface area contributed by atoms with Crippen LogP contribution < -0.4 is 5.32 Å². The number of ether oxygens (including phenoxy) is 9. The maximum Gasteiger partial charge on any atom is 0.247 e. The fourth-order valence-electron chi connectivity index (χ4n) is 2.46. The monoisotopic (exact) mass is 519 g/mol. The number of amides is 1. The van der Waals surface area contributed by atoms with Crippen LogP contribution in [0.15, 0.2) is 35.5 Å². The van der Waals surface area contributed by atoms with Crippen LogP contribution in [0, 0.1) is 0 Å². The lowest BCUT2D eigenvalue weighted by molar-refractivity contribution is -0.117. The minimum absolute atomic E-state index is 0.214. The molecule has 0 unspecified atom stereocenters. The molecule has 210 valence electrons. The highest BCUT2D eigenvalue weighted by Gasteiger charge is 2.15. The van der Waals surface area contributed by atoms with E-state index in [0.717, 1.165) is 0 Å². The minimum Gasteiger partial charge on any atom is -0.493 e. The Kier molecular flexibility index (Phi) is 23.1. The fourth-order valence-corrected chi connectivity index (χ4v) is 2.46. The summed E-state index contributed by atoms with van der Waals surface area (Å²) in [5.41, 5.74) is 0.439. The summed E-state index contributed by atoms with van der Waals surface area (Å²) in [5, 5.41) is 2.76. The van der Waals surface area contributed by atoms with Gasteiger partial charge >= 0.3 is 0 Å². The van der Waals surface area contributed by atoms with Gasteiger partial charge in [0.1, 0.15) is 13.2 Å². The SMILES string of the molecule is C=C(OC)/C(OCCOCCOCCOC)=C(\C=C(/C)C(=O)NCC)OCCOCCOCCOC. The third-order valence-corrected chi connectivity index (χ3v) is 4.33. The summed E-state index contributed by atoms with van der Waals surface area (Å²) in [6, 6.07) is 0. The van der Waals surface area contributed by atoms with E-state index < -0.39 is 0 Å². The average molecular weight is 520 g/mol. The number of carbonyl (C=O) groups is 1. The van der Waals surface area contributed by atoms with E-state index in [2.05, 4.69) is 11.9 Å². The molecule has 0 aromatic heterocycles. The quantitative estimate of drug-likeness (QED) is 0.0830. The largest absolute Gasteiger partial charge is 0.493 e. The van der Waals surface area contributed by atoms with Gasteiger partial charge in [0.2, 0.25) is 11.7 Å². The number of methoxy groups -OCH3 is 3. The number of likely N-dealkylation sites (N-methyl/N-ethyl adjacent to an activating group) is 1. The van der Waals surface area contributed by atoms with E-state index >= 15 is 0 Å². The van der Waals surface area contributed by atoms with Crippen molar-refractivity contribution < 1.29 is 47.4 Å². The molecule has 0 fully saturated rings. The van der Waals surface area contributed by atoms with Crippen molar-refractivity contribution in [3.63, 3.8) is 0 Å². The van der Waals surface area contributed by atoms with Crippen LogP contribution in [0.3, 0.4) is 0 Å². The van der Waals surface area contributed by atoms with E-state index in [0.29, 0.717) is 83.9 Å². The van der Waals surface area contributed by atoms with Gasteiger partial charge in [-0.15, -0.1) is 0 Å². The van der Waals surface area contributed by atoms with Crippen LogP contribution in [0.25, 0.3) is 0 Å². The molecule has 0 aliphatic rings. The number of carbonyl (C=O) groups excluding carboxylic acids is 1. The van der Waals surface area contributed by atoms with Gasteiger partial charge in [0.05, 0.1) is 73.2 Å². The molecule has 0 saturated heterocycles. The first kappa shape index (κ1) is 33.8. The van der Waals surface area contributed by atoms with E-state index in [1.807, 2.05) is 6.92 Å². The summed E-state index contributed by atoms with van der Waals surface area (Å²) in [6.45, 7) is 12.8. The van der Waals surface area contributed by atoms with Crippen molar-refractivity contribution in [2.24, 2.45) is 0 Å². The van der Waals surface area contributed by atoms with Crippen molar-refractivity contribution in [3.8, 4) is 0 Å². The van der Waals surface area contributed by atoms with Gasteiger partial charge in [-0.2, -0.15) is 0 Å². The Labute approximate surface area is 215 Å². The first-order valence-electron chi connectivity index (χ1n) is 12.0. The van der Waals surface area contributed by atoms with Crippen molar-refractivity contribution >= 4 is 5.91 Å². The molecule has 0 rings (SSSR count). The summed E-state index contributed by atoms with van der Waals surface area (Å²) >= 11 is 0. The van der Waals surface area contributed by atoms with Crippen LogP contribution in [-0.4, -0.2) is 113 Å². The summed E-state index contributed by atoms with van der Waals surface area (Å²) in [6.07, 6.45) is 1.59. The molecular weight excluding hydrogens is 474 g/mol. The molecule has 0 atom stereocenters. The van der Waals surface area contributed by atoms with Crippen molar-refractivity contribution in [1.82, 2.24) is 5.32 Å². The zero-order valence-electron chi connectivity index (χ0n) is 22.6. The van der Waals surface area contributed by atoms with Crippen LogP contribution in [0.4, 0.5) is 0 Å². The number of hydrogen-bond donors (Lipinski definition) is 1. The molecule has 0 aliphatic heterocycles. The highest BCUT2D eigenvalue weighted by Crippen LogP contribution is 2.20. The Bertz CT molecular complexity index is 636. The van der Waals surface area contributed by atoms with Crippen LogP contribution in [0.2, 0.25) is 0 Å². The topological polar surface area (TPSA) is 112 Å². The predicted octanol–water partition coefficient (Wildman–Crippen LogP) is 1.83. The van der Waals surface area contributed by atoms with Gasteiger partial charge in [-0.25, -0.2) is 0 Å². The second-order valence-corrected chi connectivity index (χ2v) is 7.14. The first-order chi connectivity index (χ1) is 17.5. The predicted molar refractivity (Wildman–Crippen MR) is 135 cm³/mol. The summed E-state index contributed by atoms with van der Waals surface area (Å²) in [5.74, 6) is 0.597. The molecule has 1 amide bonds. The van der Waals surface area contributed by atoms with Gasteiger partial charge in [0.15, 0.2) is 11.5 Å². The van der Waals surface area contributed by atoms with Crippen molar-refractivity contribution in [2.45, 2.75) is 13.8 Å². The van der Waals surface area contributed by atoms with E-state index in [1.54, 1.807) is 27.2 Å². The van der Waals surface area contributed by atoms with Gasteiger partial charge in [-0.3, -0.25) is 4.79 Å². The molecule has 0 heterocycles. The standard InChI is InChI=1S/C25H45NO10/c1-7-26-25(27)21(2)20-23(35-18-16-33-14-12-31-10-8-28-4)24(22(3)30-6)36-19-17-34-15-13-32-11-9-29-5/h20H,3,7-19H2,1-2,4-6H3,(H,26,27)/b21-20+,24-23-. The second kappa shape index (κ2) is 24.5. The van der Waals surface area contributed by atoms with Crippen molar-refractivity contribution in [2.75, 3.05) is 107 Å². The van der Waals surface area contributed by atoms with Crippen LogP contribution >= 0.6 is 0 Å². The van der Waals surface area contributed by atoms with Gasteiger partial charge in [0.25, 0.3) is 0 Å². The highest BCUT2D eigenvalue weighted by molar-refractivity contribution is 5.93. The van der Waals surface area contributed by atoms with Gasteiger partial charge in [-0.1, -0.05) is 6.58 Å². The Hall–Kier alpha value is -2.15. The molecule has 0 saturated carbocycles. The molecule has 36 heavy (non-hydrogen) atoms. The zero-order chi connectivity index (χ0) is 26.9. The molecule has 0 aliphatic carbocycles. The molecule has 0 radical (unpaired) electrons. The third kappa shape index (κ3) is 18.2. The number of rotatable bonds is 25. The lowest BCUT2D eigenvalue weighted by atomic mass is 10.2. The number of hydrogen-bond acceptors (Lipinski definition) is 10. The van der Waals surface area contributed by atoms with E-state index in [9.17, 15) is 4.79 Å². The molecule has 1 N–H and O–H groups in total. The Morgan fingerprint density at radius 1 is 0.722 bits per heavy atom. The Morgan fingerprint density at radius 2 is 1.17 bits per heavy atom. The molecule has 11 heteroatoms. The number of allylic oxidation sites excluding steroid dienone is 1. The fraction of sp³-hybridized carbons (Fsp3) is 0.720. The molecule has 11 nitrogen and oxygen atoms in total. The summed E-state index contributed by atoms with van der Waals surface area (Å²) < 4.78 is 48.7.